The molecule has 0 aromatic rings. The van der Waals surface area contributed by atoms with Crippen LogP contribution in [0.25, 0.3) is 0 Å². The van der Waals surface area contributed by atoms with Gasteiger partial charge in [-0.15, -0.1) is 0 Å². The van der Waals surface area contributed by atoms with Crippen LogP contribution in [0.2, 0.25) is 0 Å². The van der Waals surface area contributed by atoms with Gasteiger partial charge in [0.15, 0.2) is 0 Å². The third-order valence-corrected chi connectivity index (χ3v) is 2.58. The summed E-state index contributed by atoms with van der Waals surface area (Å²) in [4.78, 5) is 11.2. The van der Waals surface area contributed by atoms with E-state index in [1.54, 1.807) is 13.0 Å². The van der Waals surface area contributed by atoms with Crippen LogP contribution in [-0.2, 0) is 9.53 Å². The molecule has 1 saturated heterocycles. The number of hydrogen-bond acceptors (Lipinski definition) is 3. The lowest BCUT2D eigenvalue weighted by atomic mass is 9.86. The van der Waals surface area contributed by atoms with Gasteiger partial charge in [-0.25, -0.2) is 0 Å². The minimum atomic E-state index is -0.595. The average Bonchev–Trinajstić information content (AvgIpc) is 2.11. The maximum Gasteiger partial charge on any atom is 0.311 e. The Labute approximate surface area is 78.4 Å². The number of carbonyl (C=O) groups is 1. The van der Waals surface area contributed by atoms with Crippen LogP contribution < -0.4 is 0 Å². The van der Waals surface area contributed by atoms with Crippen LogP contribution in [0.1, 0.15) is 20.8 Å². The summed E-state index contributed by atoms with van der Waals surface area (Å²) in [7, 11) is 0. The monoisotopic (exact) mass is 184 g/mol. The number of cyclic esters (lactones) is 1. The summed E-state index contributed by atoms with van der Waals surface area (Å²) < 4.78 is 5.14. The summed E-state index contributed by atoms with van der Waals surface area (Å²) in [6.07, 6.45) is 2.76. The Bertz CT molecular complexity index is 222. The number of allylic oxidation sites excluding steroid dienone is 1. The number of aliphatic hydroxyl groups excluding tert-OH is 1. The minimum absolute atomic E-state index is 0.0242. The minimum Gasteiger partial charge on any atom is -0.457 e. The molecule has 1 aliphatic heterocycles. The molecule has 1 rings (SSSR count). The average molecular weight is 184 g/mol. The highest BCUT2D eigenvalue weighted by Gasteiger charge is 2.38. The molecule has 3 nitrogen and oxygen atoms in total. The second-order valence-corrected chi connectivity index (χ2v) is 3.57. The van der Waals surface area contributed by atoms with Gasteiger partial charge in [0.1, 0.15) is 6.10 Å². The van der Waals surface area contributed by atoms with Gasteiger partial charge in [-0.1, -0.05) is 13.0 Å². The lowest BCUT2D eigenvalue weighted by Gasteiger charge is -2.34. The number of rotatable bonds is 1. The Morgan fingerprint density at radius 2 is 2.08 bits per heavy atom. The van der Waals surface area contributed by atoms with Crippen molar-refractivity contribution >= 4 is 5.97 Å². The van der Waals surface area contributed by atoms with Crippen LogP contribution in [0.3, 0.4) is 0 Å². The summed E-state index contributed by atoms with van der Waals surface area (Å²) in [5, 5.41) is 9.68. The maximum atomic E-state index is 11.2. The summed E-state index contributed by atoms with van der Waals surface area (Å²) >= 11 is 0. The molecule has 1 N–H and O–H groups in total. The van der Waals surface area contributed by atoms with Gasteiger partial charge in [-0.05, 0) is 19.9 Å². The summed E-state index contributed by atoms with van der Waals surface area (Å²) in [6, 6.07) is 0. The van der Waals surface area contributed by atoms with Crippen LogP contribution in [-0.4, -0.2) is 23.3 Å². The van der Waals surface area contributed by atoms with Crippen molar-refractivity contribution in [1.82, 2.24) is 0 Å². The number of hydrogen-bond donors (Lipinski definition) is 1. The molecule has 4 atom stereocenters. The Kier molecular flexibility index (Phi) is 3.09. The first-order valence-corrected chi connectivity index (χ1v) is 4.59. The Hall–Kier alpha value is -0.830. The van der Waals surface area contributed by atoms with Crippen LogP contribution in [0.15, 0.2) is 12.2 Å². The first kappa shape index (κ1) is 10.3. The van der Waals surface area contributed by atoms with Crippen molar-refractivity contribution in [1.29, 1.82) is 0 Å². The molecule has 0 unspecified atom stereocenters. The van der Waals surface area contributed by atoms with E-state index in [4.69, 9.17) is 4.74 Å². The summed E-state index contributed by atoms with van der Waals surface area (Å²) in [6.45, 7) is 5.44. The van der Waals surface area contributed by atoms with E-state index >= 15 is 0 Å². The van der Waals surface area contributed by atoms with Crippen molar-refractivity contribution in [3.63, 3.8) is 0 Å². The Balaban J connectivity index is 2.76. The van der Waals surface area contributed by atoms with Gasteiger partial charge in [0.2, 0.25) is 0 Å². The van der Waals surface area contributed by atoms with Crippen molar-refractivity contribution in [3.8, 4) is 0 Å². The third kappa shape index (κ3) is 1.91. The summed E-state index contributed by atoms with van der Waals surface area (Å²) in [5.41, 5.74) is 0. The first-order valence-electron chi connectivity index (χ1n) is 4.59. The molecule has 0 aromatic carbocycles. The maximum absolute atomic E-state index is 11.2. The molecule has 1 fully saturated rings. The Morgan fingerprint density at radius 1 is 1.46 bits per heavy atom. The van der Waals surface area contributed by atoms with Gasteiger partial charge in [0.25, 0.3) is 0 Å². The second kappa shape index (κ2) is 3.92. The number of ether oxygens (including phenoxy) is 1. The molecular formula is C10H16O3. The van der Waals surface area contributed by atoms with E-state index < -0.39 is 12.0 Å². The molecule has 1 aliphatic rings. The van der Waals surface area contributed by atoms with E-state index in [0.717, 1.165) is 0 Å². The van der Waals surface area contributed by atoms with E-state index in [9.17, 15) is 9.90 Å². The highest BCUT2D eigenvalue weighted by atomic mass is 16.5. The molecule has 0 spiro atoms. The lowest BCUT2D eigenvalue weighted by Crippen LogP contribution is -2.45. The van der Waals surface area contributed by atoms with Crippen LogP contribution in [0.4, 0.5) is 0 Å². The fourth-order valence-electron chi connectivity index (χ4n) is 1.54. The second-order valence-electron chi connectivity index (χ2n) is 3.57. The molecule has 74 valence electrons. The van der Waals surface area contributed by atoms with Crippen LogP contribution in [0.5, 0.6) is 0 Å². The van der Waals surface area contributed by atoms with E-state index in [1.165, 1.54) is 0 Å². The SMILES string of the molecule is CC=C[C@H]1OC(=O)[C@H](C)[C@@H](O)[C@H]1C. The molecule has 0 bridgehead atoms. The third-order valence-electron chi connectivity index (χ3n) is 2.58. The van der Waals surface area contributed by atoms with Gasteiger partial charge >= 0.3 is 5.97 Å². The molecule has 0 aliphatic carbocycles. The van der Waals surface area contributed by atoms with E-state index in [-0.39, 0.29) is 18.0 Å². The lowest BCUT2D eigenvalue weighted by molar-refractivity contribution is -0.172. The van der Waals surface area contributed by atoms with Gasteiger partial charge in [0.05, 0.1) is 12.0 Å². The van der Waals surface area contributed by atoms with Crippen molar-refractivity contribution in [2.45, 2.75) is 33.0 Å². The van der Waals surface area contributed by atoms with Gasteiger partial charge < -0.3 is 9.84 Å². The van der Waals surface area contributed by atoms with E-state index in [1.807, 2.05) is 19.9 Å². The normalized spacial score (nSPS) is 40.8. The molecule has 0 radical (unpaired) electrons. The molecule has 1 heterocycles. The van der Waals surface area contributed by atoms with Crippen molar-refractivity contribution < 1.29 is 14.6 Å². The molecule has 0 saturated carbocycles. The van der Waals surface area contributed by atoms with Crippen molar-refractivity contribution in [2.75, 3.05) is 0 Å². The summed E-state index contributed by atoms with van der Waals surface area (Å²) in [5.74, 6) is -0.742. The topological polar surface area (TPSA) is 46.5 Å². The zero-order chi connectivity index (χ0) is 10.0. The molecule has 0 amide bonds. The highest BCUT2D eigenvalue weighted by Crippen LogP contribution is 2.26. The van der Waals surface area contributed by atoms with Gasteiger partial charge in [-0.3, -0.25) is 4.79 Å². The number of carbonyl (C=O) groups excluding carboxylic acids is 1. The quantitative estimate of drug-likeness (QED) is 0.490. The fraction of sp³-hybridized carbons (Fsp3) is 0.700. The standard InChI is InChI=1S/C10H16O3/c1-4-5-8-6(2)9(11)7(3)10(12)13-8/h4-9,11H,1-3H3/t6-,7+,8+,9-/m0/s1. The number of esters is 1. The smallest absolute Gasteiger partial charge is 0.311 e. The largest absolute Gasteiger partial charge is 0.457 e. The predicted octanol–water partition coefficient (Wildman–Crippen LogP) is 1.12. The van der Waals surface area contributed by atoms with Crippen molar-refractivity contribution in [2.24, 2.45) is 11.8 Å². The molecule has 0 aromatic heterocycles. The number of aliphatic hydroxyl groups is 1. The molecule has 3 heteroatoms. The van der Waals surface area contributed by atoms with Gasteiger partial charge in [-0.2, -0.15) is 0 Å². The Morgan fingerprint density at radius 3 is 2.62 bits per heavy atom. The first-order chi connectivity index (χ1) is 6.07. The zero-order valence-electron chi connectivity index (χ0n) is 8.23. The van der Waals surface area contributed by atoms with Gasteiger partial charge in [0, 0.05) is 5.92 Å². The highest BCUT2D eigenvalue weighted by molar-refractivity contribution is 5.74. The predicted molar refractivity (Wildman–Crippen MR) is 49.0 cm³/mol. The van der Waals surface area contributed by atoms with Crippen LogP contribution in [0, 0.1) is 11.8 Å². The molecule has 13 heavy (non-hydrogen) atoms. The van der Waals surface area contributed by atoms with Crippen molar-refractivity contribution in [3.05, 3.63) is 12.2 Å². The van der Waals surface area contributed by atoms with E-state index in [2.05, 4.69) is 0 Å². The zero-order valence-corrected chi connectivity index (χ0v) is 8.23. The van der Waals surface area contributed by atoms with E-state index in [0.29, 0.717) is 0 Å². The fourth-order valence-corrected chi connectivity index (χ4v) is 1.54. The molecular weight excluding hydrogens is 168 g/mol. The van der Waals surface area contributed by atoms with Crippen LogP contribution >= 0.6 is 0 Å².